The molecule has 0 radical (unpaired) electrons. The highest BCUT2D eigenvalue weighted by molar-refractivity contribution is 6.04. The summed E-state index contributed by atoms with van der Waals surface area (Å²) in [5.41, 5.74) is 3.22. The Morgan fingerprint density at radius 1 is 1.21 bits per heavy atom. The maximum absolute atomic E-state index is 12.4. The summed E-state index contributed by atoms with van der Waals surface area (Å²) in [7, 11) is 0. The van der Waals surface area contributed by atoms with E-state index in [9.17, 15) is 4.79 Å². The van der Waals surface area contributed by atoms with E-state index in [1.165, 1.54) is 0 Å². The van der Waals surface area contributed by atoms with E-state index in [2.05, 4.69) is 10.4 Å². The number of rotatable bonds is 5. The minimum atomic E-state index is -0.145. The Kier molecular flexibility index (Phi) is 4.61. The van der Waals surface area contributed by atoms with E-state index >= 15 is 0 Å². The Hall–Kier alpha value is -3.08. The normalized spacial score (nSPS) is 10.4. The molecule has 24 heavy (non-hydrogen) atoms. The van der Waals surface area contributed by atoms with Gasteiger partial charge in [0, 0.05) is 23.6 Å². The average Bonchev–Trinajstić information content (AvgIpc) is 3.12. The van der Waals surface area contributed by atoms with Crippen LogP contribution in [0.4, 0.5) is 5.69 Å². The Morgan fingerprint density at radius 2 is 2.00 bits per heavy atom. The minimum absolute atomic E-state index is 0.145. The molecule has 0 saturated carbocycles. The Balaban J connectivity index is 1.71. The van der Waals surface area contributed by atoms with Gasteiger partial charge in [0.15, 0.2) is 0 Å². The molecule has 0 fully saturated rings. The molecule has 5 nitrogen and oxygen atoms in total. The van der Waals surface area contributed by atoms with Crippen LogP contribution in [0.2, 0.25) is 0 Å². The predicted molar refractivity (Wildman–Crippen MR) is 93.9 cm³/mol. The highest BCUT2D eigenvalue weighted by Gasteiger charge is 2.09. The fourth-order valence-electron chi connectivity index (χ4n) is 2.43. The summed E-state index contributed by atoms with van der Waals surface area (Å²) in [4.78, 5) is 12.4. The molecule has 0 aliphatic carbocycles. The maximum atomic E-state index is 12.4. The highest BCUT2D eigenvalue weighted by atomic mass is 16.5. The van der Waals surface area contributed by atoms with Crippen LogP contribution in [-0.4, -0.2) is 22.3 Å². The van der Waals surface area contributed by atoms with Crippen molar-refractivity contribution >= 4 is 11.6 Å². The highest BCUT2D eigenvalue weighted by Crippen LogP contribution is 2.20. The van der Waals surface area contributed by atoms with Gasteiger partial charge in [0.05, 0.1) is 12.3 Å². The van der Waals surface area contributed by atoms with Crippen LogP contribution in [0.3, 0.4) is 0 Å². The van der Waals surface area contributed by atoms with Crippen molar-refractivity contribution in [1.82, 2.24) is 9.78 Å². The van der Waals surface area contributed by atoms with Crippen LogP contribution in [-0.2, 0) is 0 Å². The first-order valence-electron chi connectivity index (χ1n) is 7.82. The van der Waals surface area contributed by atoms with Crippen molar-refractivity contribution in [3.63, 3.8) is 0 Å². The number of hydrogen-bond donors (Lipinski definition) is 1. The molecule has 3 aromatic rings. The lowest BCUT2D eigenvalue weighted by molar-refractivity contribution is 0.102. The second kappa shape index (κ2) is 7.00. The van der Waals surface area contributed by atoms with Crippen molar-refractivity contribution in [2.45, 2.75) is 13.8 Å². The molecule has 5 heteroatoms. The Labute approximate surface area is 140 Å². The molecule has 0 bridgehead atoms. The molecule has 0 aliphatic rings. The van der Waals surface area contributed by atoms with Crippen molar-refractivity contribution in [1.29, 1.82) is 0 Å². The van der Waals surface area contributed by atoms with Crippen LogP contribution in [0.5, 0.6) is 5.75 Å². The number of carbonyl (C=O) groups is 1. The third-order valence-electron chi connectivity index (χ3n) is 3.63. The van der Waals surface area contributed by atoms with Crippen LogP contribution >= 0.6 is 0 Å². The van der Waals surface area contributed by atoms with Crippen LogP contribution in [0.15, 0.2) is 60.9 Å². The Bertz CT molecular complexity index is 824. The average molecular weight is 321 g/mol. The van der Waals surface area contributed by atoms with E-state index in [0.717, 1.165) is 22.7 Å². The van der Waals surface area contributed by atoms with Gasteiger partial charge in [0.2, 0.25) is 0 Å². The van der Waals surface area contributed by atoms with Gasteiger partial charge >= 0.3 is 0 Å². The zero-order valence-corrected chi connectivity index (χ0v) is 13.7. The van der Waals surface area contributed by atoms with E-state index < -0.39 is 0 Å². The molecular formula is C19H19N3O2. The first-order chi connectivity index (χ1) is 11.7. The first-order valence-corrected chi connectivity index (χ1v) is 7.82. The van der Waals surface area contributed by atoms with E-state index in [-0.39, 0.29) is 5.91 Å². The van der Waals surface area contributed by atoms with Crippen molar-refractivity contribution in [2.75, 3.05) is 11.9 Å². The smallest absolute Gasteiger partial charge is 0.255 e. The van der Waals surface area contributed by atoms with Crippen molar-refractivity contribution < 1.29 is 9.53 Å². The zero-order chi connectivity index (χ0) is 16.9. The van der Waals surface area contributed by atoms with Gasteiger partial charge < -0.3 is 10.1 Å². The lowest BCUT2D eigenvalue weighted by Crippen LogP contribution is -2.12. The number of anilines is 1. The molecule has 122 valence electrons. The fraction of sp³-hybridized carbons (Fsp3) is 0.158. The number of nitrogens with zero attached hydrogens (tertiary/aromatic N) is 2. The lowest BCUT2D eigenvalue weighted by Gasteiger charge is -2.10. The van der Waals surface area contributed by atoms with Crippen LogP contribution in [0.1, 0.15) is 22.8 Å². The second-order valence-electron chi connectivity index (χ2n) is 5.36. The molecule has 2 aromatic carbocycles. The zero-order valence-electron chi connectivity index (χ0n) is 13.7. The summed E-state index contributed by atoms with van der Waals surface area (Å²) in [6.07, 6.45) is 3.60. The van der Waals surface area contributed by atoms with Gasteiger partial charge in [0.25, 0.3) is 5.91 Å². The molecule has 0 aliphatic heterocycles. The summed E-state index contributed by atoms with van der Waals surface area (Å²) >= 11 is 0. The van der Waals surface area contributed by atoms with Crippen molar-refractivity contribution in [3.05, 3.63) is 72.1 Å². The second-order valence-corrected chi connectivity index (χ2v) is 5.36. The first kappa shape index (κ1) is 15.8. The number of aromatic nitrogens is 2. The number of carbonyl (C=O) groups excluding carboxylic acids is 1. The lowest BCUT2D eigenvalue weighted by atomic mass is 10.1. The largest absolute Gasteiger partial charge is 0.494 e. The van der Waals surface area contributed by atoms with E-state index in [0.29, 0.717) is 12.2 Å². The van der Waals surface area contributed by atoms with E-state index in [1.54, 1.807) is 16.9 Å². The quantitative estimate of drug-likeness (QED) is 0.777. The van der Waals surface area contributed by atoms with Crippen molar-refractivity contribution in [3.8, 4) is 11.4 Å². The van der Waals surface area contributed by atoms with Crippen LogP contribution in [0, 0.1) is 6.92 Å². The van der Waals surface area contributed by atoms with Gasteiger partial charge in [-0.3, -0.25) is 4.79 Å². The summed E-state index contributed by atoms with van der Waals surface area (Å²) < 4.78 is 7.26. The van der Waals surface area contributed by atoms with Gasteiger partial charge in [-0.05, 0) is 67.9 Å². The Morgan fingerprint density at radius 3 is 2.62 bits per heavy atom. The standard InChI is InChI=1S/C19H19N3O2/c1-3-24-18-10-5-15(13-14(18)2)19(23)21-16-6-8-17(9-7-16)22-12-4-11-20-22/h4-13H,3H2,1-2H3,(H,21,23). The molecule has 0 spiro atoms. The number of hydrogen-bond acceptors (Lipinski definition) is 3. The predicted octanol–water partition coefficient (Wildman–Crippen LogP) is 3.83. The molecule has 3 rings (SSSR count). The monoisotopic (exact) mass is 321 g/mol. The summed E-state index contributed by atoms with van der Waals surface area (Å²) in [5.74, 6) is 0.658. The summed E-state index contributed by atoms with van der Waals surface area (Å²) in [5, 5.41) is 7.08. The maximum Gasteiger partial charge on any atom is 0.255 e. The number of amides is 1. The summed E-state index contributed by atoms with van der Waals surface area (Å²) in [6.45, 7) is 4.47. The molecule has 1 amide bonds. The van der Waals surface area contributed by atoms with Crippen LogP contribution in [0.25, 0.3) is 5.69 Å². The van der Waals surface area contributed by atoms with Gasteiger partial charge in [0.1, 0.15) is 5.75 Å². The molecule has 0 unspecified atom stereocenters. The van der Waals surface area contributed by atoms with E-state index in [1.807, 2.05) is 62.5 Å². The van der Waals surface area contributed by atoms with Gasteiger partial charge in [-0.1, -0.05) is 0 Å². The molecule has 1 N–H and O–H groups in total. The SMILES string of the molecule is CCOc1ccc(C(=O)Nc2ccc(-n3cccn3)cc2)cc1C. The molecule has 1 aromatic heterocycles. The molecule has 1 heterocycles. The van der Waals surface area contributed by atoms with E-state index in [4.69, 9.17) is 4.74 Å². The fourth-order valence-corrected chi connectivity index (χ4v) is 2.43. The molecular weight excluding hydrogens is 302 g/mol. The third-order valence-corrected chi connectivity index (χ3v) is 3.63. The topological polar surface area (TPSA) is 56.1 Å². The van der Waals surface area contributed by atoms with Gasteiger partial charge in [-0.15, -0.1) is 0 Å². The number of ether oxygens (including phenoxy) is 1. The third kappa shape index (κ3) is 3.46. The van der Waals surface area contributed by atoms with Crippen molar-refractivity contribution in [2.24, 2.45) is 0 Å². The van der Waals surface area contributed by atoms with Gasteiger partial charge in [-0.25, -0.2) is 4.68 Å². The molecule has 0 saturated heterocycles. The molecule has 0 atom stereocenters. The number of nitrogens with one attached hydrogen (secondary N) is 1. The number of aryl methyl sites for hydroxylation is 1. The van der Waals surface area contributed by atoms with Gasteiger partial charge in [-0.2, -0.15) is 5.10 Å². The number of benzene rings is 2. The summed E-state index contributed by atoms with van der Waals surface area (Å²) in [6, 6.07) is 14.8. The minimum Gasteiger partial charge on any atom is -0.494 e. The van der Waals surface area contributed by atoms with Crippen LogP contribution < -0.4 is 10.1 Å².